The predicted octanol–water partition coefficient (Wildman–Crippen LogP) is 5.12. The number of hydrogen-bond acceptors (Lipinski definition) is 4. The molecule has 0 aliphatic carbocycles. The quantitative estimate of drug-likeness (QED) is 0.493. The Kier molecular flexibility index (Phi) is 3.59. The molecule has 2 aromatic heterocycles. The number of aryl methyl sites for hydroxylation is 1. The molecule has 0 saturated heterocycles. The molecular formula is C19H15N5. The zero-order valence-corrected chi connectivity index (χ0v) is 13.2. The van der Waals surface area contributed by atoms with Crippen molar-refractivity contribution >= 4 is 17.0 Å². The van der Waals surface area contributed by atoms with Crippen LogP contribution in [0.2, 0.25) is 0 Å². The van der Waals surface area contributed by atoms with Crippen LogP contribution in [0.1, 0.15) is 5.69 Å². The van der Waals surface area contributed by atoms with Gasteiger partial charge in [-0.2, -0.15) is 10.2 Å². The fourth-order valence-corrected chi connectivity index (χ4v) is 2.59. The summed E-state index contributed by atoms with van der Waals surface area (Å²) in [4.78, 5) is 4.45. The Morgan fingerprint density at radius 1 is 0.833 bits per heavy atom. The number of azo groups is 1. The summed E-state index contributed by atoms with van der Waals surface area (Å²) < 4.78 is 1.82. The maximum absolute atomic E-state index is 4.60. The molecule has 0 aliphatic rings. The topological polar surface area (TPSA) is 54.9 Å². The lowest BCUT2D eigenvalue weighted by atomic mass is 10.1. The molecule has 0 atom stereocenters. The molecule has 0 saturated carbocycles. The van der Waals surface area contributed by atoms with Crippen molar-refractivity contribution < 1.29 is 0 Å². The second kappa shape index (κ2) is 6.04. The van der Waals surface area contributed by atoms with Gasteiger partial charge in [-0.15, -0.1) is 5.11 Å². The van der Waals surface area contributed by atoms with Crippen molar-refractivity contribution in [3.63, 3.8) is 0 Å². The van der Waals surface area contributed by atoms with E-state index in [2.05, 4.69) is 32.4 Å². The summed E-state index contributed by atoms with van der Waals surface area (Å²) in [6, 6.07) is 21.7. The van der Waals surface area contributed by atoms with Crippen molar-refractivity contribution in [2.45, 2.75) is 6.92 Å². The van der Waals surface area contributed by atoms with E-state index in [4.69, 9.17) is 0 Å². The first-order valence-electron chi connectivity index (χ1n) is 7.69. The van der Waals surface area contributed by atoms with Gasteiger partial charge in [-0.25, -0.2) is 9.50 Å². The van der Waals surface area contributed by atoms with Crippen LogP contribution in [0.25, 0.3) is 16.9 Å². The first-order valence-corrected chi connectivity index (χ1v) is 7.69. The van der Waals surface area contributed by atoms with Gasteiger partial charge in [-0.1, -0.05) is 48.5 Å². The summed E-state index contributed by atoms with van der Waals surface area (Å²) in [5, 5.41) is 13.3. The fraction of sp³-hybridized carbons (Fsp3) is 0.0526. The van der Waals surface area contributed by atoms with Crippen LogP contribution in [-0.2, 0) is 0 Å². The first-order chi connectivity index (χ1) is 11.8. The van der Waals surface area contributed by atoms with Gasteiger partial charge in [0.15, 0.2) is 11.3 Å². The van der Waals surface area contributed by atoms with Crippen molar-refractivity contribution in [2.75, 3.05) is 0 Å². The maximum atomic E-state index is 4.60. The van der Waals surface area contributed by atoms with Crippen LogP contribution in [0.3, 0.4) is 0 Å². The molecule has 0 spiro atoms. The molecule has 0 fully saturated rings. The zero-order valence-electron chi connectivity index (χ0n) is 13.2. The van der Waals surface area contributed by atoms with Gasteiger partial charge in [0, 0.05) is 11.8 Å². The minimum atomic E-state index is 0.691. The molecule has 0 bridgehead atoms. The van der Waals surface area contributed by atoms with Gasteiger partial charge in [0.2, 0.25) is 0 Å². The van der Waals surface area contributed by atoms with E-state index in [-0.39, 0.29) is 0 Å². The van der Waals surface area contributed by atoms with Gasteiger partial charge in [0.25, 0.3) is 0 Å². The number of fused-ring (bicyclic) bond motifs is 1. The third-order valence-corrected chi connectivity index (χ3v) is 3.75. The molecule has 24 heavy (non-hydrogen) atoms. The molecule has 2 aromatic carbocycles. The highest BCUT2D eigenvalue weighted by Crippen LogP contribution is 2.29. The van der Waals surface area contributed by atoms with E-state index in [1.165, 1.54) is 0 Å². The molecule has 0 radical (unpaired) electrons. The lowest BCUT2D eigenvalue weighted by Crippen LogP contribution is -1.95. The van der Waals surface area contributed by atoms with E-state index in [9.17, 15) is 0 Å². The monoisotopic (exact) mass is 313 g/mol. The molecule has 0 amide bonds. The van der Waals surface area contributed by atoms with Gasteiger partial charge < -0.3 is 0 Å². The van der Waals surface area contributed by atoms with Crippen LogP contribution < -0.4 is 0 Å². The number of benzene rings is 2. The molecule has 2 heterocycles. The molecule has 0 N–H and O–H groups in total. The van der Waals surface area contributed by atoms with Crippen molar-refractivity contribution in [2.24, 2.45) is 10.2 Å². The number of hydrogen-bond donors (Lipinski definition) is 0. The average Bonchev–Trinajstić information content (AvgIpc) is 2.97. The van der Waals surface area contributed by atoms with Crippen LogP contribution in [0.5, 0.6) is 0 Å². The maximum Gasteiger partial charge on any atom is 0.183 e. The Morgan fingerprint density at radius 3 is 2.29 bits per heavy atom. The van der Waals surface area contributed by atoms with E-state index in [1.54, 1.807) is 6.20 Å². The van der Waals surface area contributed by atoms with Crippen molar-refractivity contribution in [1.82, 2.24) is 14.6 Å². The minimum absolute atomic E-state index is 0.691. The summed E-state index contributed by atoms with van der Waals surface area (Å²) in [5.74, 6) is 0. The highest BCUT2D eigenvalue weighted by molar-refractivity contribution is 5.71. The van der Waals surface area contributed by atoms with Crippen LogP contribution in [0, 0.1) is 6.92 Å². The van der Waals surface area contributed by atoms with Gasteiger partial charge in [0.05, 0.1) is 17.1 Å². The lowest BCUT2D eigenvalue weighted by Gasteiger charge is -2.03. The second-order valence-corrected chi connectivity index (χ2v) is 5.40. The second-order valence-electron chi connectivity index (χ2n) is 5.40. The fourth-order valence-electron chi connectivity index (χ4n) is 2.59. The van der Waals surface area contributed by atoms with Crippen LogP contribution >= 0.6 is 0 Å². The van der Waals surface area contributed by atoms with Crippen molar-refractivity contribution in [3.05, 3.63) is 78.6 Å². The highest BCUT2D eigenvalue weighted by Gasteiger charge is 2.13. The Bertz CT molecular complexity index is 1000. The minimum Gasteiger partial charge on any atom is -0.235 e. The van der Waals surface area contributed by atoms with Gasteiger partial charge in [-0.05, 0) is 25.1 Å². The third-order valence-electron chi connectivity index (χ3n) is 3.75. The van der Waals surface area contributed by atoms with Gasteiger partial charge in [0.1, 0.15) is 0 Å². The van der Waals surface area contributed by atoms with Crippen LogP contribution in [-0.4, -0.2) is 14.6 Å². The average molecular weight is 313 g/mol. The Balaban J connectivity index is 1.84. The van der Waals surface area contributed by atoms with E-state index in [1.807, 2.05) is 66.0 Å². The Morgan fingerprint density at radius 2 is 1.54 bits per heavy atom. The van der Waals surface area contributed by atoms with Crippen LogP contribution in [0.15, 0.2) is 83.2 Å². The molecule has 116 valence electrons. The number of nitrogens with zero attached hydrogens (tertiary/aromatic N) is 5. The molecular weight excluding hydrogens is 298 g/mol. The summed E-state index contributed by atoms with van der Waals surface area (Å²) in [6.07, 6.45) is 1.78. The van der Waals surface area contributed by atoms with Gasteiger partial charge in [-0.3, -0.25) is 0 Å². The predicted molar refractivity (Wildman–Crippen MR) is 93.8 cm³/mol. The van der Waals surface area contributed by atoms with E-state index in [0.717, 1.165) is 22.6 Å². The summed E-state index contributed by atoms with van der Waals surface area (Å²) >= 11 is 0. The van der Waals surface area contributed by atoms with E-state index >= 15 is 0 Å². The first kappa shape index (κ1) is 14.3. The van der Waals surface area contributed by atoms with E-state index in [0.29, 0.717) is 11.3 Å². The summed E-state index contributed by atoms with van der Waals surface area (Å²) in [7, 11) is 0. The summed E-state index contributed by atoms with van der Waals surface area (Å²) in [6.45, 7) is 1.92. The van der Waals surface area contributed by atoms with E-state index < -0.39 is 0 Å². The molecule has 4 aromatic rings. The van der Waals surface area contributed by atoms with Gasteiger partial charge >= 0.3 is 0 Å². The molecule has 0 aliphatic heterocycles. The number of rotatable bonds is 3. The summed E-state index contributed by atoms with van der Waals surface area (Å²) in [5.41, 5.74) is 5.05. The Hall–Kier alpha value is -3.34. The largest absolute Gasteiger partial charge is 0.235 e. The highest BCUT2D eigenvalue weighted by atomic mass is 15.3. The standard InChI is InChI=1S/C19H15N5/c1-14-18(22-21-16-10-6-3-7-11-16)19-20-13-12-17(24(19)23-14)15-8-4-2-5-9-15/h2-13H,1H3. The normalized spacial score (nSPS) is 11.4. The molecule has 5 nitrogen and oxygen atoms in total. The SMILES string of the molecule is Cc1nn2c(-c3ccccc3)ccnc2c1N=Nc1ccccc1. The zero-order chi connectivity index (χ0) is 16.4. The Labute approximate surface area is 139 Å². The molecule has 5 heteroatoms. The lowest BCUT2D eigenvalue weighted by molar-refractivity contribution is 0.925. The number of aromatic nitrogens is 3. The molecule has 0 unspecified atom stereocenters. The van der Waals surface area contributed by atoms with Crippen LogP contribution in [0.4, 0.5) is 11.4 Å². The smallest absolute Gasteiger partial charge is 0.183 e. The van der Waals surface area contributed by atoms with Crippen molar-refractivity contribution in [1.29, 1.82) is 0 Å². The third kappa shape index (κ3) is 2.56. The molecule has 4 rings (SSSR count). The van der Waals surface area contributed by atoms with Crippen molar-refractivity contribution in [3.8, 4) is 11.3 Å².